The molecule has 3 fully saturated rings. The maximum Gasteiger partial charge on any atom is 0.235 e. The van der Waals surface area contributed by atoms with Gasteiger partial charge < -0.3 is 16.0 Å². The fraction of sp³-hybridized carbons (Fsp3) is 0.929. The normalized spacial score (nSPS) is 25.4. The second-order valence-corrected chi connectivity index (χ2v) is 6.50. The molecule has 3 N–H and O–H groups in total. The Morgan fingerprint density at radius 1 is 1.11 bits per heavy atom. The highest BCUT2D eigenvalue weighted by molar-refractivity contribution is 5.80. The van der Waals surface area contributed by atoms with Gasteiger partial charge in [0.25, 0.3) is 0 Å². The molecule has 0 aliphatic heterocycles. The van der Waals surface area contributed by atoms with E-state index in [-0.39, 0.29) is 11.9 Å². The van der Waals surface area contributed by atoms with Gasteiger partial charge >= 0.3 is 0 Å². The first-order valence-electron chi connectivity index (χ1n) is 7.48. The van der Waals surface area contributed by atoms with E-state index < -0.39 is 0 Å². The van der Waals surface area contributed by atoms with Crippen molar-refractivity contribution in [2.75, 3.05) is 19.6 Å². The molecule has 0 radical (unpaired) electrons. The maximum absolute atomic E-state index is 11.5. The predicted molar refractivity (Wildman–Crippen MR) is 71.0 cm³/mol. The Bertz CT molecular complexity index is 294. The van der Waals surface area contributed by atoms with Gasteiger partial charge in [-0.05, 0) is 50.4 Å². The molecule has 1 unspecified atom stereocenters. The minimum Gasteiger partial charge on any atom is -0.368 e. The van der Waals surface area contributed by atoms with Crippen molar-refractivity contribution in [1.82, 2.24) is 10.2 Å². The van der Waals surface area contributed by atoms with Crippen molar-refractivity contribution in [3.05, 3.63) is 0 Å². The third kappa shape index (κ3) is 3.95. The van der Waals surface area contributed by atoms with Crippen LogP contribution < -0.4 is 11.1 Å². The average Bonchev–Trinajstić information content (AvgIpc) is 3.12. The van der Waals surface area contributed by atoms with Crippen LogP contribution in [0.1, 0.15) is 38.5 Å². The van der Waals surface area contributed by atoms with Gasteiger partial charge in [-0.1, -0.05) is 0 Å². The van der Waals surface area contributed by atoms with Crippen molar-refractivity contribution < 1.29 is 4.79 Å². The van der Waals surface area contributed by atoms with Gasteiger partial charge in [0.2, 0.25) is 5.91 Å². The molecule has 4 heteroatoms. The summed E-state index contributed by atoms with van der Waals surface area (Å²) in [6, 6.07) is 0.404. The summed E-state index contributed by atoms with van der Waals surface area (Å²) in [4.78, 5) is 14.0. The standard InChI is InChI=1S/C14H25N3O/c15-14(18)13(16-12-5-6-12)9-17(7-10-1-2-10)8-11-3-4-11/h10-13,16H,1-9H2,(H2,15,18). The Hall–Kier alpha value is -0.610. The highest BCUT2D eigenvalue weighted by Gasteiger charge is 2.33. The lowest BCUT2D eigenvalue weighted by molar-refractivity contribution is -0.120. The largest absolute Gasteiger partial charge is 0.368 e. The molecule has 0 heterocycles. The third-order valence-electron chi connectivity index (χ3n) is 4.23. The van der Waals surface area contributed by atoms with Crippen molar-refractivity contribution in [3.63, 3.8) is 0 Å². The third-order valence-corrected chi connectivity index (χ3v) is 4.23. The molecule has 18 heavy (non-hydrogen) atoms. The Kier molecular flexibility index (Phi) is 3.57. The molecule has 3 aliphatic carbocycles. The predicted octanol–water partition coefficient (Wildman–Crippen LogP) is 0.714. The first-order chi connectivity index (χ1) is 8.70. The SMILES string of the molecule is NC(=O)C(CN(CC1CC1)CC1CC1)NC1CC1. The van der Waals surface area contributed by atoms with Crippen LogP contribution >= 0.6 is 0 Å². The molecule has 3 aliphatic rings. The van der Waals surface area contributed by atoms with E-state index in [9.17, 15) is 4.79 Å². The van der Waals surface area contributed by atoms with Crippen LogP contribution in [-0.2, 0) is 4.79 Å². The summed E-state index contributed by atoms with van der Waals surface area (Å²) in [7, 11) is 0. The molecule has 102 valence electrons. The van der Waals surface area contributed by atoms with E-state index in [1.165, 1.54) is 51.6 Å². The zero-order chi connectivity index (χ0) is 12.5. The van der Waals surface area contributed by atoms with Gasteiger partial charge in [-0.3, -0.25) is 4.79 Å². The lowest BCUT2D eigenvalue weighted by Gasteiger charge is -2.26. The lowest BCUT2D eigenvalue weighted by atomic mass is 10.2. The molecule has 3 saturated carbocycles. The number of carbonyl (C=O) groups is 1. The first kappa shape index (κ1) is 12.4. The van der Waals surface area contributed by atoms with Crippen LogP contribution in [0.25, 0.3) is 0 Å². The molecule has 0 aromatic carbocycles. The van der Waals surface area contributed by atoms with Gasteiger partial charge in [0.05, 0.1) is 6.04 Å². The van der Waals surface area contributed by atoms with E-state index in [1.54, 1.807) is 0 Å². The van der Waals surface area contributed by atoms with E-state index >= 15 is 0 Å². The number of carbonyl (C=O) groups excluding carboxylic acids is 1. The number of hydrogen-bond acceptors (Lipinski definition) is 3. The number of primary amides is 1. The lowest BCUT2D eigenvalue weighted by Crippen LogP contribution is -2.50. The zero-order valence-corrected chi connectivity index (χ0v) is 11.1. The monoisotopic (exact) mass is 251 g/mol. The van der Waals surface area contributed by atoms with E-state index in [1.807, 2.05) is 0 Å². The van der Waals surface area contributed by atoms with E-state index in [0.29, 0.717) is 6.04 Å². The van der Waals surface area contributed by atoms with Crippen LogP contribution in [0.5, 0.6) is 0 Å². The molecule has 0 saturated heterocycles. The van der Waals surface area contributed by atoms with Gasteiger partial charge in [-0.25, -0.2) is 0 Å². The minimum absolute atomic E-state index is 0.144. The smallest absolute Gasteiger partial charge is 0.235 e. The molecule has 1 amide bonds. The molecule has 4 nitrogen and oxygen atoms in total. The van der Waals surface area contributed by atoms with E-state index in [2.05, 4.69) is 10.2 Å². The summed E-state index contributed by atoms with van der Waals surface area (Å²) in [5.74, 6) is 1.59. The molecule has 1 atom stereocenters. The van der Waals surface area contributed by atoms with Gasteiger partial charge in [0.15, 0.2) is 0 Å². The fourth-order valence-electron chi connectivity index (χ4n) is 2.57. The second-order valence-electron chi connectivity index (χ2n) is 6.50. The Morgan fingerprint density at radius 2 is 1.67 bits per heavy atom. The zero-order valence-electron chi connectivity index (χ0n) is 11.1. The summed E-state index contributed by atoms with van der Waals surface area (Å²) >= 11 is 0. The minimum atomic E-state index is -0.182. The molecule has 0 aromatic rings. The topological polar surface area (TPSA) is 58.4 Å². The number of nitrogens with one attached hydrogen (secondary N) is 1. The average molecular weight is 251 g/mol. The molecule has 3 rings (SSSR count). The highest BCUT2D eigenvalue weighted by atomic mass is 16.1. The van der Waals surface area contributed by atoms with Crippen molar-refractivity contribution in [2.45, 2.75) is 50.6 Å². The van der Waals surface area contributed by atoms with Crippen molar-refractivity contribution in [2.24, 2.45) is 17.6 Å². The number of nitrogens with two attached hydrogens (primary N) is 1. The van der Waals surface area contributed by atoms with Crippen molar-refractivity contribution in [3.8, 4) is 0 Å². The van der Waals surface area contributed by atoms with Crippen LogP contribution in [0.2, 0.25) is 0 Å². The molecule has 0 spiro atoms. The quantitative estimate of drug-likeness (QED) is 0.634. The van der Waals surface area contributed by atoms with Gasteiger partial charge in [-0.15, -0.1) is 0 Å². The fourth-order valence-corrected chi connectivity index (χ4v) is 2.57. The van der Waals surface area contributed by atoms with Crippen LogP contribution in [0.3, 0.4) is 0 Å². The van der Waals surface area contributed by atoms with Crippen molar-refractivity contribution >= 4 is 5.91 Å². The van der Waals surface area contributed by atoms with Crippen LogP contribution in [0.4, 0.5) is 0 Å². The summed E-state index contributed by atoms with van der Waals surface area (Å²) < 4.78 is 0. The Balaban J connectivity index is 1.51. The van der Waals surface area contributed by atoms with Crippen LogP contribution in [-0.4, -0.2) is 42.5 Å². The summed E-state index contributed by atoms with van der Waals surface area (Å²) in [6.07, 6.45) is 7.90. The van der Waals surface area contributed by atoms with Gasteiger partial charge in [0, 0.05) is 25.7 Å². The molecule has 0 bridgehead atoms. The molecular formula is C14H25N3O. The Morgan fingerprint density at radius 3 is 2.06 bits per heavy atom. The van der Waals surface area contributed by atoms with Crippen molar-refractivity contribution in [1.29, 1.82) is 0 Å². The summed E-state index contributed by atoms with van der Waals surface area (Å²) in [5.41, 5.74) is 5.53. The summed E-state index contributed by atoms with van der Waals surface area (Å²) in [6.45, 7) is 3.16. The van der Waals surface area contributed by atoms with Crippen LogP contribution in [0, 0.1) is 11.8 Å². The first-order valence-corrected chi connectivity index (χ1v) is 7.48. The second kappa shape index (κ2) is 5.17. The number of amides is 1. The van der Waals surface area contributed by atoms with Crippen LogP contribution in [0.15, 0.2) is 0 Å². The molecular weight excluding hydrogens is 226 g/mol. The van der Waals surface area contributed by atoms with Gasteiger partial charge in [0.1, 0.15) is 0 Å². The number of rotatable bonds is 9. The maximum atomic E-state index is 11.5. The highest BCUT2D eigenvalue weighted by Crippen LogP contribution is 2.33. The summed E-state index contributed by atoms with van der Waals surface area (Å²) in [5, 5.41) is 3.39. The Labute approximate surface area is 109 Å². The molecule has 0 aromatic heterocycles. The van der Waals surface area contributed by atoms with Gasteiger partial charge in [-0.2, -0.15) is 0 Å². The van der Waals surface area contributed by atoms with E-state index in [0.717, 1.165) is 18.4 Å². The number of nitrogens with zero attached hydrogens (tertiary/aromatic N) is 1. The number of hydrogen-bond donors (Lipinski definition) is 2. The van der Waals surface area contributed by atoms with E-state index in [4.69, 9.17) is 5.73 Å².